The van der Waals surface area contributed by atoms with Crippen molar-refractivity contribution in [2.75, 3.05) is 0 Å². The van der Waals surface area contributed by atoms with Gasteiger partial charge in [-0.2, -0.15) is 0 Å². The Labute approximate surface area is 240 Å². The number of carbonyl (C=O) groups excluding carboxylic acids is 2. The molecule has 0 aromatic heterocycles. The third kappa shape index (κ3) is 4.05. The second kappa shape index (κ2) is 9.63. The van der Waals surface area contributed by atoms with E-state index in [9.17, 15) is 55.5 Å². The molecule has 0 amide bonds. The third-order valence-corrected chi connectivity index (χ3v) is 7.52. The zero-order valence-corrected chi connectivity index (χ0v) is 21.7. The first kappa shape index (κ1) is 27.4. The summed E-state index contributed by atoms with van der Waals surface area (Å²) in [6.45, 7) is 0. The average Bonchev–Trinajstić information content (AvgIpc) is 2.98. The highest BCUT2D eigenvalue weighted by molar-refractivity contribution is 6.11. The van der Waals surface area contributed by atoms with Crippen molar-refractivity contribution >= 4 is 11.6 Å². The Bertz CT molecular complexity index is 1810. The highest BCUT2D eigenvalue weighted by Crippen LogP contribution is 2.59. The van der Waals surface area contributed by atoms with E-state index in [4.69, 9.17) is 9.47 Å². The van der Waals surface area contributed by atoms with Crippen molar-refractivity contribution in [2.45, 2.75) is 24.2 Å². The number of Topliss-reactive ketones (excluding diaryl/α,β-unsaturated/α-hetero) is 2. The van der Waals surface area contributed by atoms with Crippen LogP contribution in [0.3, 0.4) is 0 Å². The predicted octanol–water partition coefficient (Wildman–Crippen LogP) is 3.11. The number of carbonyl (C=O) groups is 2. The number of hydrogen-bond donors (Lipinski definition) is 9. The van der Waals surface area contributed by atoms with Gasteiger partial charge in [0.2, 0.25) is 17.3 Å². The normalized spacial score (nSPS) is 21.0. The molecule has 0 unspecified atom stereocenters. The van der Waals surface area contributed by atoms with Gasteiger partial charge >= 0.3 is 0 Å². The number of ether oxygens (including phenoxy) is 2. The lowest BCUT2D eigenvalue weighted by Gasteiger charge is -2.37. The summed E-state index contributed by atoms with van der Waals surface area (Å²) >= 11 is 0. The van der Waals surface area contributed by atoms with Crippen molar-refractivity contribution < 1.29 is 65.0 Å². The van der Waals surface area contributed by atoms with Crippen molar-refractivity contribution in [2.24, 2.45) is 0 Å². The van der Waals surface area contributed by atoms with Crippen LogP contribution < -0.4 is 9.47 Å². The smallest absolute Gasteiger partial charge is 0.203 e. The topological polar surface area (TPSA) is 235 Å². The van der Waals surface area contributed by atoms with Gasteiger partial charge in [0, 0.05) is 6.07 Å². The maximum absolute atomic E-state index is 14.2. The molecule has 4 aromatic rings. The molecule has 0 fully saturated rings. The Morgan fingerprint density at radius 2 is 1.09 bits per heavy atom. The number of phenols is 8. The molecule has 0 aliphatic carbocycles. The zero-order chi connectivity index (χ0) is 30.9. The van der Waals surface area contributed by atoms with Gasteiger partial charge in [-0.05, 0) is 35.4 Å². The van der Waals surface area contributed by atoms with E-state index in [1.807, 2.05) is 0 Å². The maximum atomic E-state index is 14.2. The van der Waals surface area contributed by atoms with Crippen molar-refractivity contribution in [1.82, 2.24) is 0 Å². The van der Waals surface area contributed by atoms with Crippen LogP contribution in [0.1, 0.15) is 55.5 Å². The number of aliphatic hydroxyl groups excluding tert-OH is 1. The number of benzene rings is 4. The Morgan fingerprint density at radius 3 is 1.67 bits per heavy atom. The molecule has 0 spiro atoms. The quantitative estimate of drug-likeness (QED) is 0.156. The average molecular weight is 590 g/mol. The van der Waals surface area contributed by atoms with Crippen LogP contribution >= 0.6 is 0 Å². The summed E-state index contributed by atoms with van der Waals surface area (Å²) in [6.07, 6.45) is -4.85. The minimum Gasteiger partial charge on any atom is -0.508 e. The van der Waals surface area contributed by atoms with Crippen molar-refractivity contribution in [3.8, 4) is 57.5 Å². The van der Waals surface area contributed by atoms with E-state index < -0.39 is 92.7 Å². The first-order valence-electron chi connectivity index (χ1n) is 12.7. The van der Waals surface area contributed by atoms with Crippen LogP contribution in [0.25, 0.3) is 0 Å². The fourth-order valence-electron chi connectivity index (χ4n) is 5.40. The second-order valence-corrected chi connectivity index (χ2v) is 10.0. The van der Waals surface area contributed by atoms with Crippen molar-refractivity contribution in [3.63, 3.8) is 0 Å². The Hall–Kier alpha value is -5.82. The van der Waals surface area contributed by atoms with Gasteiger partial charge in [-0.15, -0.1) is 0 Å². The molecule has 0 radical (unpaired) electrons. The summed E-state index contributed by atoms with van der Waals surface area (Å²) in [5.41, 5.74) is -1.56. The molecule has 0 saturated carbocycles. The molecule has 2 aliphatic heterocycles. The molecule has 9 N–H and O–H groups in total. The number of fused-ring (bicyclic) bond motifs is 2. The number of aromatic hydroxyl groups is 8. The summed E-state index contributed by atoms with van der Waals surface area (Å²) in [5.74, 6) is -11.5. The molecule has 43 heavy (non-hydrogen) atoms. The zero-order valence-electron chi connectivity index (χ0n) is 21.7. The highest BCUT2D eigenvalue weighted by atomic mass is 16.5. The minimum absolute atomic E-state index is 0.129. The number of rotatable bonds is 3. The Balaban J connectivity index is 1.63. The van der Waals surface area contributed by atoms with Gasteiger partial charge in [0.05, 0.1) is 11.5 Å². The monoisotopic (exact) mass is 590 g/mol. The predicted molar refractivity (Wildman–Crippen MR) is 143 cm³/mol. The molecule has 220 valence electrons. The van der Waals surface area contributed by atoms with E-state index in [1.165, 1.54) is 48.5 Å². The number of ketones is 2. The van der Waals surface area contributed by atoms with Gasteiger partial charge < -0.3 is 55.4 Å². The summed E-state index contributed by atoms with van der Waals surface area (Å²) in [7, 11) is 0. The van der Waals surface area contributed by atoms with Gasteiger partial charge in [-0.25, -0.2) is 0 Å². The fraction of sp³-hybridized carbons (Fsp3) is 0.133. The fourth-order valence-corrected chi connectivity index (χ4v) is 5.40. The SMILES string of the molecule is O=C1c2c(O)c(O)c(O)c([C@@H]3C(=O)c4c(cc(O)c(O)c4O)O[C@H]3c3ccc(O)cc3)c2O[C@H](c2ccc(O)cc2)[C@H]1O. The number of phenolic OH excluding ortho intramolecular Hbond substituents is 8. The van der Waals surface area contributed by atoms with Crippen molar-refractivity contribution in [3.05, 3.63) is 82.4 Å². The molecule has 4 aromatic carbocycles. The van der Waals surface area contributed by atoms with E-state index in [0.29, 0.717) is 0 Å². The summed E-state index contributed by atoms with van der Waals surface area (Å²) in [4.78, 5) is 27.6. The van der Waals surface area contributed by atoms with Gasteiger partial charge in [-0.3, -0.25) is 9.59 Å². The molecule has 4 atom stereocenters. The molecule has 13 heteroatoms. The number of hydrogen-bond acceptors (Lipinski definition) is 13. The maximum Gasteiger partial charge on any atom is 0.203 e. The van der Waals surface area contributed by atoms with Crippen molar-refractivity contribution in [1.29, 1.82) is 0 Å². The highest BCUT2D eigenvalue weighted by Gasteiger charge is 2.49. The van der Waals surface area contributed by atoms with Crippen LogP contribution in [-0.4, -0.2) is 63.6 Å². The Kier molecular flexibility index (Phi) is 6.13. The van der Waals surface area contributed by atoms with Crippen LogP contribution in [0.5, 0.6) is 57.5 Å². The molecular formula is C30H22O13. The lowest BCUT2D eigenvalue weighted by molar-refractivity contribution is 0.0195. The molecule has 0 bridgehead atoms. The van der Waals surface area contributed by atoms with Gasteiger partial charge in [0.25, 0.3) is 0 Å². The largest absolute Gasteiger partial charge is 0.508 e. The van der Waals surface area contributed by atoms with E-state index in [2.05, 4.69) is 0 Å². The van der Waals surface area contributed by atoms with Gasteiger partial charge in [-0.1, -0.05) is 24.3 Å². The standard InChI is InChI=1S/C30H22O13/c31-12-5-1-10(2-6-12)28-17(21(35)16-15(42-28)9-14(33)20(34)22(16)36)18-23(37)26(40)24(38)19-25(39)27(41)29(43-30(18)19)11-3-7-13(32)8-4-11/h1-9,17,27-29,31-34,36-38,40-41H/t17-,27+,28+,29-/m1/s1. The van der Waals surface area contributed by atoms with Crippen LogP contribution in [-0.2, 0) is 0 Å². The molecule has 6 rings (SSSR count). The summed E-state index contributed by atoms with van der Waals surface area (Å²) in [6, 6.07) is 11.4. The van der Waals surface area contributed by atoms with Crippen LogP contribution in [0.4, 0.5) is 0 Å². The summed E-state index contributed by atoms with van der Waals surface area (Å²) in [5, 5.41) is 93.7. The van der Waals surface area contributed by atoms with Gasteiger partial charge in [0.1, 0.15) is 40.2 Å². The van der Waals surface area contributed by atoms with Crippen LogP contribution in [0.2, 0.25) is 0 Å². The molecule has 0 saturated heterocycles. The van der Waals surface area contributed by atoms with Gasteiger partial charge in [0.15, 0.2) is 41.0 Å². The minimum atomic E-state index is -1.93. The van der Waals surface area contributed by atoms with E-state index >= 15 is 0 Å². The Morgan fingerprint density at radius 1 is 0.558 bits per heavy atom. The molecule has 2 aliphatic rings. The van der Waals surface area contributed by atoms with E-state index in [1.54, 1.807) is 0 Å². The second-order valence-electron chi connectivity index (χ2n) is 10.0. The molecule has 2 heterocycles. The lowest BCUT2D eigenvalue weighted by atomic mass is 9.77. The lowest BCUT2D eigenvalue weighted by Crippen LogP contribution is -2.38. The van der Waals surface area contributed by atoms with E-state index in [-0.39, 0.29) is 28.4 Å². The molecule has 13 nitrogen and oxygen atoms in total. The number of aliphatic hydroxyl groups is 1. The third-order valence-electron chi connectivity index (χ3n) is 7.52. The first-order valence-corrected chi connectivity index (χ1v) is 12.7. The van der Waals surface area contributed by atoms with E-state index in [0.717, 1.165) is 6.07 Å². The van der Waals surface area contributed by atoms with Crippen LogP contribution in [0.15, 0.2) is 54.6 Å². The first-order chi connectivity index (χ1) is 20.4. The molecular weight excluding hydrogens is 568 g/mol. The van der Waals surface area contributed by atoms with Crippen LogP contribution in [0, 0.1) is 0 Å². The summed E-state index contributed by atoms with van der Waals surface area (Å²) < 4.78 is 12.0.